The van der Waals surface area contributed by atoms with Crippen LogP contribution >= 0.6 is 11.6 Å². The van der Waals surface area contributed by atoms with Gasteiger partial charge in [0.2, 0.25) is 17.7 Å². The zero-order valence-electron chi connectivity index (χ0n) is 20.5. The number of carboxylic acid groups (broad SMARTS) is 1. The number of carbonyl (C=O) groups is 2. The first-order chi connectivity index (χ1) is 18.6. The van der Waals surface area contributed by atoms with Crippen LogP contribution in [0.15, 0.2) is 54.7 Å². The quantitative estimate of drug-likeness (QED) is 0.319. The minimum absolute atomic E-state index is 0.00661. The molecule has 1 aliphatic heterocycles. The van der Waals surface area contributed by atoms with Gasteiger partial charge in [-0.05, 0) is 55.2 Å². The third kappa shape index (κ3) is 7.96. The number of aromatic nitrogens is 2. The molecule has 206 valence electrons. The summed E-state index contributed by atoms with van der Waals surface area (Å²) in [7, 11) is 0. The molecule has 4 rings (SSSR count). The molecule has 1 fully saturated rings. The monoisotopic (exact) mass is 563 g/mol. The van der Waals surface area contributed by atoms with Crippen LogP contribution < -0.4 is 20.3 Å². The molecule has 39 heavy (non-hydrogen) atoms. The number of nitrogens with zero attached hydrogens (tertiary/aromatic N) is 3. The van der Waals surface area contributed by atoms with Crippen LogP contribution in [0.1, 0.15) is 30.4 Å². The molecule has 0 aliphatic carbocycles. The minimum atomic E-state index is -4.63. The lowest BCUT2D eigenvalue weighted by Gasteiger charge is -2.32. The van der Waals surface area contributed by atoms with Crippen molar-refractivity contribution in [2.45, 2.75) is 37.9 Å². The highest BCUT2D eigenvalue weighted by Gasteiger charge is 2.33. The number of hydrogen-bond donors (Lipinski definition) is 3. The number of rotatable bonds is 8. The predicted molar refractivity (Wildman–Crippen MR) is 138 cm³/mol. The number of nitrogens with one attached hydrogen (secondary N) is 2. The summed E-state index contributed by atoms with van der Waals surface area (Å²) >= 11 is 5.62. The van der Waals surface area contributed by atoms with Gasteiger partial charge in [0.05, 0.1) is 10.6 Å². The molecule has 1 aliphatic rings. The van der Waals surface area contributed by atoms with Gasteiger partial charge in [-0.2, -0.15) is 18.2 Å². The number of halogens is 4. The minimum Gasteiger partial charge on any atom is -0.465 e. The zero-order valence-corrected chi connectivity index (χ0v) is 21.3. The van der Waals surface area contributed by atoms with Crippen LogP contribution in [0, 0.1) is 0 Å². The van der Waals surface area contributed by atoms with Crippen molar-refractivity contribution in [3.05, 3.63) is 70.9 Å². The number of anilines is 2. The molecule has 1 aromatic heterocycles. The first-order valence-corrected chi connectivity index (χ1v) is 12.5. The molecule has 0 saturated carbocycles. The Labute approximate surface area is 227 Å². The van der Waals surface area contributed by atoms with Crippen LogP contribution in [0.3, 0.4) is 0 Å². The number of carbonyl (C=O) groups excluding carboxylic acids is 1. The predicted octanol–water partition coefficient (Wildman–Crippen LogP) is 5.75. The summed E-state index contributed by atoms with van der Waals surface area (Å²) < 4.78 is 45.1. The summed E-state index contributed by atoms with van der Waals surface area (Å²) in [4.78, 5) is 34.0. The molecule has 3 aromatic rings. The molecule has 0 radical (unpaired) electrons. The molecule has 1 atom stereocenters. The fourth-order valence-electron chi connectivity index (χ4n) is 4.18. The van der Waals surface area contributed by atoms with E-state index in [-0.39, 0.29) is 18.2 Å². The molecule has 2 aromatic carbocycles. The molecule has 2 heterocycles. The smallest absolute Gasteiger partial charge is 0.417 e. The highest BCUT2D eigenvalue weighted by Crippen LogP contribution is 2.36. The summed E-state index contributed by atoms with van der Waals surface area (Å²) in [6, 6.07) is 11.6. The Hall–Kier alpha value is -4.06. The van der Waals surface area contributed by atoms with Gasteiger partial charge in [0, 0.05) is 43.5 Å². The summed E-state index contributed by atoms with van der Waals surface area (Å²) in [6.07, 6.45) is -2.26. The third-order valence-electron chi connectivity index (χ3n) is 5.97. The molecule has 0 bridgehead atoms. The second-order valence-corrected chi connectivity index (χ2v) is 9.33. The molecule has 1 saturated heterocycles. The van der Waals surface area contributed by atoms with Crippen molar-refractivity contribution in [1.82, 2.24) is 15.3 Å². The van der Waals surface area contributed by atoms with Gasteiger partial charge in [-0.1, -0.05) is 23.7 Å². The van der Waals surface area contributed by atoms with Gasteiger partial charge in [-0.3, -0.25) is 4.79 Å². The number of ether oxygens (including phenoxy) is 1. The first kappa shape index (κ1) is 28.0. The van der Waals surface area contributed by atoms with Crippen molar-refractivity contribution in [3.8, 4) is 11.6 Å². The maximum absolute atomic E-state index is 13.1. The average Bonchev–Trinajstić information content (AvgIpc) is 2.88. The Morgan fingerprint density at radius 1 is 1.18 bits per heavy atom. The van der Waals surface area contributed by atoms with Crippen LogP contribution in [0.4, 0.5) is 29.6 Å². The van der Waals surface area contributed by atoms with Gasteiger partial charge in [0.15, 0.2) is 0 Å². The van der Waals surface area contributed by atoms with Gasteiger partial charge in [-0.15, -0.1) is 0 Å². The van der Waals surface area contributed by atoms with Gasteiger partial charge in [-0.25, -0.2) is 9.78 Å². The Kier molecular flexibility index (Phi) is 8.75. The van der Waals surface area contributed by atoms with Crippen molar-refractivity contribution in [2.24, 2.45) is 0 Å². The van der Waals surface area contributed by atoms with Gasteiger partial charge >= 0.3 is 12.3 Å². The molecule has 13 heteroatoms. The van der Waals surface area contributed by atoms with E-state index in [1.165, 1.54) is 6.07 Å². The standard InChI is InChI=1S/C26H25ClF3N5O4/c27-21-8-7-17(14-20(21)26(28,29)30)32-22(36)9-6-16-3-1-5-19(13-16)39-23-10-11-31-24(34-23)35-12-2-4-18(15-35)33-25(37)38/h1,3,5,7-8,10-11,13-14,18,33H,2,4,6,9,12,15H2,(H,32,36)(H,37,38). The van der Waals surface area contributed by atoms with Crippen LogP contribution in [-0.2, 0) is 17.4 Å². The van der Waals surface area contributed by atoms with Gasteiger partial charge in [0.1, 0.15) is 5.75 Å². The number of amides is 2. The number of alkyl halides is 3. The highest BCUT2D eigenvalue weighted by molar-refractivity contribution is 6.31. The summed E-state index contributed by atoms with van der Waals surface area (Å²) in [5, 5.41) is 13.5. The second-order valence-electron chi connectivity index (χ2n) is 8.92. The molecule has 2 amide bonds. The first-order valence-electron chi connectivity index (χ1n) is 12.1. The van der Waals surface area contributed by atoms with E-state index in [1.807, 2.05) is 4.90 Å². The Morgan fingerprint density at radius 3 is 2.77 bits per heavy atom. The van der Waals surface area contributed by atoms with Crippen molar-refractivity contribution in [3.63, 3.8) is 0 Å². The zero-order chi connectivity index (χ0) is 28.0. The van der Waals surface area contributed by atoms with Gasteiger partial charge in [0.25, 0.3) is 0 Å². The normalized spacial score (nSPS) is 15.5. The summed E-state index contributed by atoms with van der Waals surface area (Å²) in [6.45, 7) is 1.13. The van der Waals surface area contributed by atoms with Crippen LogP contribution in [0.5, 0.6) is 11.6 Å². The summed E-state index contributed by atoms with van der Waals surface area (Å²) in [5.74, 6) is 0.753. The molecule has 0 spiro atoms. The molecular formula is C26H25ClF3N5O4. The lowest BCUT2D eigenvalue weighted by Crippen LogP contribution is -2.47. The molecule has 9 nitrogen and oxygen atoms in total. The molecule has 3 N–H and O–H groups in total. The van der Waals surface area contributed by atoms with Crippen molar-refractivity contribution >= 4 is 35.2 Å². The SMILES string of the molecule is O=C(O)NC1CCCN(c2nccc(Oc3cccc(CCC(=O)Nc4ccc(Cl)c(C(F)(F)F)c4)c3)n2)C1. The van der Waals surface area contributed by atoms with E-state index in [0.29, 0.717) is 37.1 Å². The van der Waals surface area contributed by atoms with E-state index in [2.05, 4.69) is 20.6 Å². The van der Waals surface area contributed by atoms with Crippen LogP contribution in [-0.4, -0.2) is 46.2 Å². The third-order valence-corrected chi connectivity index (χ3v) is 6.30. The maximum atomic E-state index is 13.1. The van der Waals surface area contributed by atoms with Crippen molar-refractivity contribution in [2.75, 3.05) is 23.3 Å². The van der Waals surface area contributed by atoms with E-state index in [4.69, 9.17) is 21.4 Å². The number of benzene rings is 2. The van der Waals surface area contributed by atoms with Gasteiger partial charge < -0.3 is 25.4 Å². The number of aryl methyl sites for hydroxylation is 1. The van der Waals surface area contributed by atoms with Crippen molar-refractivity contribution < 1.29 is 32.6 Å². The highest BCUT2D eigenvalue weighted by atomic mass is 35.5. The lowest BCUT2D eigenvalue weighted by atomic mass is 10.1. The number of hydrogen-bond acceptors (Lipinski definition) is 6. The molecule has 1 unspecified atom stereocenters. The van der Waals surface area contributed by atoms with E-state index < -0.39 is 28.8 Å². The van der Waals surface area contributed by atoms with E-state index in [9.17, 15) is 22.8 Å². The fraction of sp³-hybridized carbons (Fsp3) is 0.308. The van der Waals surface area contributed by atoms with E-state index in [0.717, 1.165) is 30.5 Å². The van der Waals surface area contributed by atoms with Crippen LogP contribution in [0.25, 0.3) is 0 Å². The largest absolute Gasteiger partial charge is 0.465 e. The summed E-state index contributed by atoms with van der Waals surface area (Å²) in [5.41, 5.74) is -0.230. The topological polar surface area (TPSA) is 117 Å². The fourth-order valence-corrected chi connectivity index (χ4v) is 4.40. The number of piperidine rings is 1. The Balaban J connectivity index is 1.34. The van der Waals surface area contributed by atoms with Crippen molar-refractivity contribution in [1.29, 1.82) is 0 Å². The Morgan fingerprint density at radius 2 is 2.00 bits per heavy atom. The molecular weight excluding hydrogens is 539 g/mol. The second kappa shape index (κ2) is 12.2. The van der Waals surface area contributed by atoms with E-state index in [1.54, 1.807) is 36.5 Å². The van der Waals surface area contributed by atoms with E-state index >= 15 is 0 Å². The average molecular weight is 564 g/mol. The Bertz CT molecular complexity index is 1340. The lowest BCUT2D eigenvalue weighted by molar-refractivity contribution is -0.137. The maximum Gasteiger partial charge on any atom is 0.417 e. The van der Waals surface area contributed by atoms with Crippen LogP contribution in [0.2, 0.25) is 5.02 Å².